The molecule has 86 valence electrons. The van der Waals surface area contributed by atoms with Crippen LogP contribution in [0.2, 0.25) is 0 Å². The lowest BCUT2D eigenvalue weighted by atomic mass is 9.82. The van der Waals surface area contributed by atoms with E-state index >= 15 is 0 Å². The topological polar surface area (TPSA) is 68.0 Å². The van der Waals surface area contributed by atoms with Crippen LogP contribution in [0.4, 0.5) is 0 Å². The predicted octanol–water partition coefficient (Wildman–Crippen LogP) is 1.26. The number of carbonyl (C=O) groups is 1. The maximum Gasteiger partial charge on any atom is 0.307 e. The molecule has 1 heterocycles. The highest BCUT2D eigenvalue weighted by molar-refractivity contribution is 5.71. The van der Waals surface area contributed by atoms with Gasteiger partial charge in [0.05, 0.1) is 5.92 Å². The normalized spacial score (nSPS) is 24.6. The number of hydrogen-bond acceptors (Lipinski definition) is 3. The van der Waals surface area contributed by atoms with E-state index < -0.39 is 5.97 Å². The highest BCUT2D eigenvalue weighted by atomic mass is 16.4. The first-order valence-corrected chi connectivity index (χ1v) is 5.35. The Morgan fingerprint density at radius 2 is 2.19 bits per heavy atom. The second-order valence-corrected chi connectivity index (χ2v) is 4.13. The summed E-state index contributed by atoms with van der Waals surface area (Å²) in [5.74, 6) is 0.265. The molecular weight excluding hydrogens is 206 g/mol. The van der Waals surface area contributed by atoms with Gasteiger partial charge in [-0.1, -0.05) is 12.2 Å². The Labute approximate surface area is 93.8 Å². The van der Waals surface area contributed by atoms with Crippen molar-refractivity contribution in [3.63, 3.8) is 0 Å². The number of nitrogens with zero attached hydrogens (tertiary/aromatic N) is 3. The molecule has 16 heavy (non-hydrogen) atoms. The molecule has 1 aromatic heterocycles. The first-order valence-electron chi connectivity index (χ1n) is 5.35. The van der Waals surface area contributed by atoms with Crippen LogP contribution < -0.4 is 0 Å². The number of aromatic nitrogens is 3. The monoisotopic (exact) mass is 221 g/mol. The predicted molar refractivity (Wildman–Crippen MR) is 58.0 cm³/mol. The molecule has 0 aromatic carbocycles. The summed E-state index contributed by atoms with van der Waals surface area (Å²) >= 11 is 0. The molecule has 0 unspecified atom stereocenters. The van der Waals surface area contributed by atoms with Crippen molar-refractivity contribution in [3.8, 4) is 0 Å². The molecule has 0 radical (unpaired) electrons. The Bertz CT molecular complexity index is 436. The highest BCUT2D eigenvalue weighted by Gasteiger charge is 2.32. The summed E-state index contributed by atoms with van der Waals surface area (Å²) < 4.78 is 1.69. The molecule has 1 aromatic rings. The van der Waals surface area contributed by atoms with E-state index in [-0.39, 0.29) is 11.8 Å². The average molecular weight is 221 g/mol. The van der Waals surface area contributed by atoms with Gasteiger partial charge in [-0.2, -0.15) is 5.10 Å². The van der Waals surface area contributed by atoms with Crippen molar-refractivity contribution in [1.82, 2.24) is 14.8 Å². The van der Waals surface area contributed by atoms with Gasteiger partial charge in [-0.3, -0.25) is 9.48 Å². The minimum Gasteiger partial charge on any atom is -0.481 e. The molecule has 2 rings (SSSR count). The molecule has 0 fully saturated rings. The second-order valence-electron chi connectivity index (χ2n) is 4.13. The lowest BCUT2D eigenvalue weighted by molar-refractivity contribution is -0.142. The fourth-order valence-electron chi connectivity index (χ4n) is 2.22. The minimum absolute atomic E-state index is 0.0614. The lowest BCUT2D eigenvalue weighted by Crippen LogP contribution is -2.25. The standard InChI is InChI=1S/C11H15N3O2/c1-7-12-10(14(2)13-7)8-5-3-4-6-9(8)11(15)16/h3-4,8-9H,5-6H2,1-2H3,(H,15,16)/t8-,9+/m1/s1. The van der Waals surface area contributed by atoms with Crippen molar-refractivity contribution in [2.75, 3.05) is 0 Å². The fraction of sp³-hybridized carbons (Fsp3) is 0.545. The van der Waals surface area contributed by atoms with E-state index in [0.717, 1.165) is 12.2 Å². The zero-order chi connectivity index (χ0) is 11.7. The van der Waals surface area contributed by atoms with Crippen LogP contribution in [-0.4, -0.2) is 25.8 Å². The average Bonchev–Trinajstić information content (AvgIpc) is 2.57. The van der Waals surface area contributed by atoms with E-state index in [1.54, 1.807) is 4.68 Å². The molecule has 1 N–H and O–H groups in total. The number of rotatable bonds is 2. The van der Waals surface area contributed by atoms with Gasteiger partial charge in [0.2, 0.25) is 0 Å². The van der Waals surface area contributed by atoms with Crippen LogP contribution >= 0.6 is 0 Å². The zero-order valence-corrected chi connectivity index (χ0v) is 9.42. The Balaban J connectivity index is 2.34. The van der Waals surface area contributed by atoms with Gasteiger partial charge in [-0.15, -0.1) is 0 Å². The number of allylic oxidation sites excluding steroid dienone is 2. The lowest BCUT2D eigenvalue weighted by Gasteiger charge is -2.23. The van der Waals surface area contributed by atoms with Crippen LogP contribution in [0.1, 0.15) is 30.4 Å². The molecule has 0 saturated heterocycles. The van der Waals surface area contributed by atoms with Gasteiger partial charge >= 0.3 is 5.97 Å². The molecule has 1 aliphatic carbocycles. The Kier molecular flexibility index (Phi) is 2.77. The molecule has 2 atom stereocenters. The van der Waals surface area contributed by atoms with E-state index in [1.807, 2.05) is 26.1 Å². The summed E-state index contributed by atoms with van der Waals surface area (Å²) in [6, 6.07) is 0. The number of hydrogen-bond donors (Lipinski definition) is 1. The third-order valence-electron chi connectivity index (χ3n) is 2.98. The Hall–Kier alpha value is -1.65. The largest absolute Gasteiger partial charge is 0.481 e. The van der Waals surface area contributed by atoms with E-state index in [2.05, 4.69) is 10.1 Å². The minimum atomic E-state index is -0.755. The summed E-state index contributed by atoms with van der Waals surface area (Å²) in [7, 11) is 1.81. The molecule has 0 spiro atoms. The van der Waals surface area contributed by atoms with Crippen LogP contribution in [0.25, 0.3) is 0 Å². The van der Waals surface area contributed by atoms with Crippen LogP contribution in [0.3, 0.4) is 0 Å². The molecule has 0 bridgehead atoms. The summed E-state index contributed by atoms with van der Waals surface area (Å²) in [5, 5.41) is 13.3. The molecular formula is C11H15N3O2. The first kappa shape index (κ1) is 10.9. The molecule has 0 aliphatic heterocycles. The van der Waals surface area contributed by atoms with Gasteiger partial charge in [0.25, 0.3) is 0 Å². The van der Waals surface area contributed by atoms with Gasteiger partial charge in [-0.05, 0) is 19.8 Å². The third-order valence-corrected chi connectivity index (χ3v) is 2.98. The number of carboxylic acid groups (broad SMARTS) is 1. The Morgan fingerprint density at radius 3 is 2.75 bits per heavy atom. The maximum atomic E-state index is 11.2. The third kappa shape index (κ3) is 1.85. The molecule has 1 aliphatic rings. The van der Waals surface area contributed by atoms with Gasteiger partial charge in [0.15, 0.2) is 0 Å². The van der Waals surface area contributed by atoms with Crippen molar-refractivity contribution in [2.45, 2.75) is 25.7 Å². The first-order chi connectivity index (χ1) is 7.59. The van der Waals surface area contributed by atoms with Crippen molar-refractivity contribution in [2.24, 2.45) is 13.0 Å². The van der Waals surface area contributed by atoms with E-state index in [0.29, 0.717) is 12.2 Å². The van der Waals surface area contributed by atoms with Crippen molar-refractivity contribution >= 4 is 5.97 Å². The van der Waals surface area contributed by atoms with Crippen molar-refractivity contribution in [3.05, 3.63) is 23.8 Å². The molecule has 0 amide bonds. The summed E-state index contributed by atoms with van der Waals surface area (Å²) in [4.78, 5) is 15.5. The Morgan fingerprint density at radius 1 is 1.50 bits per heavy atom. The fourth-order valence-corrected chi connectivity index (χ4v) is 2.22. The second kappa shape index (κ2) is 4.08. The van der Waals surface area contributed by atoms with Crippen molar-refractivity contribution in [1.29, 1.82) is 0 Å². The van der Waals surface area contributed by atoms with E-state index in [1.165, 1.54) is 0 Å². The zero-order valence-electron chi connectivity index (χ0n) is 9.42. The van der Waals surface area contributed by atoms with E-state index in [4.69, 9.17) is 0 Å². The quantitative estimate of drug-likeness (QED) is 0.763. The highest BCUT2D eigenvalue weighted by Crippen LogP contribution is 2.33. The van der Waals surface area contributed by atoms with Crippen LogP contribution in [0.5, 0.6) is 0 Å². The smallest absolute Gasteiger partial charge is 0.307 e. The van der Waals surface area contributed by atoms with Crippen LogP contribution in [0.15, 0.2) is 12.2 Å². The summed E-state index contributed by atoms with van der Waals surface area (Å²) in [6.45, 7) is 1.82. The number of carboxylic acids is 1. The molecule has 5 heteroatoms. The van der Waals surface area contributed by atoms with Crippen LogP contribution in [0, 0.1) is 12.8 Å². The summed E-state index contributed by atoms with van der Waals surface area (Å²) in [5.41, 5.74) is 0. The van der Waals surface area contributed by atoms with Gasteiger partial charge < -0.3 is 5.11 Å². The van der Waals surface area contributed by atoms with Crippen molar-refractivity contribution < 1.29 is 9.90 Å². The molecule has 5 nitrogen and oxygen atoms in total. The number of aliphatic carboxylic acids is 1. The SMILES string of the molecule is Cc1nc([C@@H]2CC=CC[C@@H]2C(=O)O)n(C)n1. The van der Waals surface area contributed by atoms with Gasteiger partial charge in [0.1, 0.15) is 11.6 Å². The molecule has 0 saturated carbocycles. The van der Waals surface area contributed by atoms with Crippen LogP contribution in [-0.2, 0) is 11.8 Å². The van der Waals surface area contributed by atoms with E-state index in [9.17, 15) is 9.90 Å². The summed E-state index contributed by atoms with van der Waals surface area (Å²) in [6.07, 6.45) is 5.25. The maximum absolute atomic E-state index is 11.2. The number of aryl methyl sites for hydroxylation is 2. The van der Waals surface area contributed by atoms with Gasteiger partial charge in [0, 0.05) is 13.0 Å². The van der Waals surface area contributed by atoms with Gasteiger partial charge in [-0.25, -0.2) is 4.98 Å².